The van der Waals surface area contributed by atoms with Gasteiger partial charge in [-0.1, -0.05) is 54.6 Å². The zero-order valence-corrected chi connectivity index (χ0v) is 19.1. The number of aromatic nitrogens is 2. The Morgan fingerprint density at radius 1 is 1.29 bits per heavy atom. The first kappa shape index (κ1) is 22.8. The highest BCUT2D eigenvalue weighted by molar-refractivity contribution is 7.99. The molecule has 0 spiro atoms. The van der Waals surface area contributed by atoms with Gasteiger partial charge in [0.25, 0.3) is 5.56 Å². The summed E-state index contributed by atoms with van der Waals surface area (Å²) in [6, 6.07) is 7.47. The lowest BCUT2D eigenvalue weighted by Crippen LogP contribution is -2.40. The molecule has 0 radical (unpaired) electrons. The number of fused-ring (bicyclic) bond motifs is 1. The van der Waals surface area contributed by atoms with Gasteiger partial charge in [-0.25, -0.2) is 9.78 Å². The van der Waals surface area contributed by atoms with Gasteiger partial charge in [0, 0.05) is 24.0 Å². The summed E-state index contributed by atoms with van der Waals surface area (Å²) in [6.07, 6.45) is 2.40. The summed E-state index contributed by atoms with van der Waals surface area (Å²) in [5.41, 5.74) is 2.77. The molecule has 2 aromatic heterocycles. The maximum Gasteiger partial charge on any atom is 0.321 e. The van der Waals surface area contributed by atoms with Crippen LogP contribution in [0.15, 0.2) is 52.3 Å². The van der Waals surface area contributed by atoms with Crippen molar-refractivity contribution in [3.05, 3.63) is 58.2 Å². The Bertz CT molecular complexity index is 1170. The van der Waals surface area contributed by atoms with E-state index in [4.69, 9.17) is 0 Å². The summed E-state index contributed by atoms with van der Waals surface area (Å²) in [5.74, 6) is -0.491. The number of amides is 3. The second-order valence-corrected chi connectivity index (χ2v) is 8.69. The summed E-state index contributed by atoms with van der Waals surface area (Å²) >= 11 is 2.51. The third-order valence-electron chi connectivity index (χ3n) is 4.45. The fourth-order valence-corrected chi connectivity index (χ4v) is 4.72. The first-order valence-electron chi connectivity index (χ1n) is 9.85. The van der Waals surface area contributed by atoms with E-state index in [9.17, 15) is 14.4 Å². The normalized spacial score (nSPS) is 10.8. The molecule has 162 valence electrons. The van der Waals surface area contributed by atoms with Crippen LogP contribution in [-0.2, 0) is 11.3 Å². The summed E-state index contributed by atoms with van der Waals surface area (Å²) in [7, 11) is 0. The Morgan fingerprint density at radius 2 is 2.03 bits per heavy atom. The lowest BCUT2D eigenvalue weighted by atomic mass is 10.1. The zero-order chi connectivity index (χ0) is 22.4. The molecule has 0 aliphatic carbocycles. The molecule has 1 aromatic carbocycles. The summed E-state index contributed by atoms with van der Waals surface area (Å²) in [6.45, 7) is 8.43. The number of nitrogens with zero attached hydrogens (tertiary/aromatic N) is 2. The van der Waals surface area contributed by atoms with Crippen LogP contribution in [0.3, 0.4) is 0 Å². The number of allylic oxidation sites excluding steroid dienone is 1. The molecular weight excluding hydrogens is 432 g/mol. The number of imide groups is 1. The number of benzene rings is 1. The predicted octanol–water partition coefficient (Wildman–Crippen LogP) is 3.95. The van der Waals surface area contributed by atoms with Crippen molar-refractivity contribution < 1.29 is 9.59 Å². The number of carbonyl (C=O) groups is 2. The van der Waals surface area contributed by atoms with Crippen LogP contribution in [0.1, 0.15) is 18.9 Å². The van der Waals surface area contributed by atoms with Gasteiger partial charge < -0.3 is 5.32 Å². The molecule has 0 aliphatic heterocycles. The topological polar surface area (TPSA) is 93.1 Å². The van der Waals surface area contributed by atoms with Crippen molar-refractivity contribution in [1.29, 1.82) is 0 Å². The number of urea groups is 1. The van der Waals surface area contributed by atoms with Gasteiger partial charge in [-0.05, 0) is 18.9 Å². The molecule has 9 heteroatoms. The third-order valence-corrected chi connectivity index (χ3v) is 6.30. The lowest BCUT2D eigenvalue weighted by Gasteiger charge is -2.11. The molecule has 0 fully saturated rings. The lowest BCUT2D eigenvalue weighted by molar-refractivity contribution is -0.117. The van der Waals surface area contributed by atoms with Crippen molar-refractivity contribution in [2.45, 2.75) is 32.0 Å². The van der Waals surface area contributed by atoms with Gasteiger partial charge in [0.2, 0.25) is 5.91 Å². The van der Waals surface area contributed by atoms with Crippen LogP contribution in [0.5, 0.6) is 0 Å². The van der Waals surface area contributed by atoms with Crippen LogP contribution >= 0.6 is 23.1 Å². The van der Waals surface area contributed by atoms with E-state index >= 15 is 0 Å². The molecule has 31 heavy (non-hydrogen) atoms. The van der Waals surface area contributed by atoms with Crippen LogP contribution < -0.4 is 16.2 Å². The number of hydrogen-bond donors (Lipinski definition) is 2. The molecule has 2 N–H and O–H groups in total. The Morgan fingerprint density at radius 3 is 2.71 bits per heavy atom. The van der Waals surface area contributed by atoms with Gasteiger partial charge in [0.1, 0.15) is 4.83 Å². The van der Waals surface area contributed by atoms with E-state index in [1.54, 1.807) is 6.08 Å². The fraction of sp³-hybridized carbons (Fsp3) is 0.273. The number of hydrogen-bond acceptors (Lipinski definition) is 6. The van der Waals surface area contributed by atoms with Gasteiger partial charge in [0.15, 0.2) is 5.16 Å². The summed E-state index contributed by atoms with van der Waals surface area (Å²) in [4.78, 5) is 42.3. The third kappa shape index (κ3) is 5.42. The van der Waals surface area contributed by atoms with E-state index in [1.165, 1.54) is 15.9 Å². The average Bonchev–Trinajstić information content (AvgIpc) is 3.17. The summed E-state index contributed by atoms with van der Waals surface area (Å²) < 4.78 is 1.51. The van der Waals surface area contributed by atoms with Crippen LogP contribution in [-0.4, -0.2) is 33.8 Å². The van der Waals surface area contributed by atoms with E-state index in [0.717, 1.165) is 34.9 Å². The SMILES string of the molecule is C=CCn1c(SCC(=O)NC(=O)NCCC)nc2scc(-c3ccc(C)cc3)c2c1=O. The van der Waals surface area contributed by atoms with Crippen LogP contribution in [0, 0.1) is 6.92 Å². The fourth-order valence-electron chi connectivity index (χ4n) is 2.93. The largest absolute Gasteiger partial charge is 0.338 e. The van der Waals surface area contributed by atoms with Gasteiger partial charge in [-0.3, -0.25) is 19.5 Å². The number of thiophene rings is 1. The van der Waals surface area contributed by atoms with Gasteiger partial charge in [0.05, 0.1) is 11.1 Å². The average molecular weight is 457 g/mol. The van der Waals surface area contributed by atoms with Crippen molar-refractivity contribution in [2.24, 2.45) is 0 Å². The van der Waals surface area contributed by atoms with Crippen molar-refractivity contribution >= 4 is 45.3 Å². The molecular formula is C22H24N4O3S2. The molecule has 3 aromatic rings. The molecule has 3 rings (SSSR count). The minimum Gasteiger partial charge on any atom is -0.338 e. The highest BCUT2D eigenvalue weighted by Gasteiger charge is 2.18. The standard InChI is InChI=1S/C22H24N4O3S2/c1-4-10-23-21(29)24-17(27)13-31-22-25-19-18(20(28)26(22)11-5-2)16(12-30-19)15-8-6-14(3)7-9-15/h5-9,12H,2,4,10-11,13H2,1,3H3,(H2,23,24,27,29). The van der Waals surface area contributed by atoms with Crippen molar-refractivity contribution in [1.82, 2.24) is 20.2 Å². The number of nitrogens with one attached hydrogen (secondary N) is 2. The Hall–Kier alpha value is -2.91. The molecule has 3 amide bonds. The second-order valence-electron chi connectivity index (χ2n) is 6.89. The number of thioether (sulfide) groups is 1. The van der Waals surface area contributed by atoms with Crippen molar-refractivity contribution in [3.8, 4) is 11.1 Å². The van der Waals surface area contributed by atoms with Gasteiger partial charge in [-0.15, -0.1) is 17.9 Å². The van der Waals surface area contributed by atoms with E-state index < -0.39 is 11.9 Å². The molecule has 0 bridgehead atoms. The van der Waals surface area contributed by atoms with Gasteiger partial charge in [-0.2, -0.15) is 0 Å². The van der Waals surface area contributed by atoms with E-state index in [1.807, 2.05) is 43.5 Å². The monoisotopic (exact) mass is 456 g/mol. The van der Waals surface area contributed by atoms with E-state index in [-0.39, 0.29) is 17.9 Å². The molecule has 0 saturated heterocycles. The quantitative estimate of drug-likeness (QED) is 0.304. The molecule has 0 saturated carbocycles. The second kappa shape index (κ2) is 10.4. The highest BCUT2D eigenvalue weighted by atomic mass is 32.2. The number of rotatable bonds is 8. The Labute approximate surface area is 188 Å². The van der Waals surface area contributed by atoms with Crippen LogP contribution in [0.4, 0.5) is 4.79 Å². The van der Waals surface area contributed by atoms with Gasteiger partial charge >= 0.3 is 6.03 Å². The Kier molecular flexibility index (Phi) is 7.64. The van der Waals surface area contributed by atoms with Crippen LogP contribution in [0.25, 0.3) is 21.3 Å². The number of aryl methyl sites for hydroxylation is 1. The van der Waals surface area contributed by atoms with E-state index in [2.05, 4.69) is 22.2 Å². The minimum atomic E-state index is -0.527. The van der Waals surface area contributed by atoms with Crippen LogP contribution in [0.2, 0.25) is 0 Å². The van der Waals surface area contributed by atoms with Crippen molar-refractivity contribution in [2.75, 3.05) is 12.3 Å². The Balaban J connectivity index is 1.89. The highest BCUT2D eigenvalue weighted by Crippen LogP contribution is 2.32. The molecule has 2 heterocycles. The maximum absolute atomic E-state index is 13.3. The number of carbonyl (C=O) groups excluding carboxylic acids is 2. The van der Waals surface area contributed by atoms with E-state index in [0.29, 0.717) is 21.9 Å². The molecule has 0 atom stereocenters. The minimum absolute atomic E-state index is 0.0369. The smallest absolute Gasteiger partial charge is 0.321 e. The zero-order valence-electron chi connectivity index (χ0n) is 17.4. The molecule has 0 aliphatic rings. The first-order valence-corrected chi connectivity index (χ1v) is 11.7. The predicted molar refractivity (Wildman–Crippen MR) is 127 cm³/mol. The maximum atomic E-state index is 13.3. The van der Waals surface area contributed by atoms with Crippen molar-refractivity contribution in [3.63, 3.8) is 0 Å². The molecule has 7 nitrogen and oxygen atoms in total. The first-order chi connectivity index (χ1) is 14.9. The molecule has 0 unspecified atom stereocenters. The summed E-state index contributed by atoms with van der Waals surface area (Å²) in [5, 5.41) is 7.77.